The molecule has 8 N–H and O–H groups in total. The molecule has 5 fully saturated rings. The number of benzene rings is 1. The minimum atomic E-state index is -0.977. The monoisotopic (exact) mass is 609 g/mol. The van der Waals surface area contributed by atoms with Gasteiger partial charge in [-0.2, -0.15) is 5.26 Å². The molecule has 44 heavy (non-hydrogen) atoms. The van der Waals surface area contributed by atoms with Crippen molar-refractivity contribution in [3.63, 3.8) is 0 Å². The Kier molecular flexibility index (Phi) is 8.54. The molecule has 242 valence electrons. The Balaban J connectivity index is 0.895. The van der Waals surface area contributed by atoms with Crippen LogP contribution in [0.5, 0.6) is 0 Å². The Morgan fingerprint density at radius 3 is 2.59 bits per heavy atom. The second kappa shape index (κ2) is 12.3. The Labute approximate surface area is 261 Å². The molecule has 12 heteroatoms. The maximum atomic E-state index is 11.1. The first-order valence-corrected chi connectivity index (χ1v) is 16.7. The summed E-state index contributed by atoms with van der Waals surface area (Å²) in [6.45, 7) is 6.22. The Bertz CT molecular complexity index is 1220. The summed E-state index contributed by atoms with van der Waals surface area (Å²) in [5, 5.41) is 45.9. The van der Waals surface area contributed by atoms with E-state index < -0.39 is 24.5 Å². The van der Waals surface area contributed by atoms with Crippen molar-refractivity contribution in [1.29, 1.82) is 5.26 Å². The van der Waals surface area contributed by atoms with Crippen molar-refractivity contribution in [2.24, 2.45) is 17.6 Å². The standard InChI is InChI=1S/C32H51N9O3/c1-17(2)40(14-25-28(42)29(43)32(44-25)41-16-35-27-30(34)36-15-39(3)31(27)41)21-10-18(11-21)4-9-26-37-23-8-7-20(12-24(23)38-26)22(13-33)19-5-6-19/h7-8,12,17-19,21-22,25-32,35-38,42-43H,4-6,9-11,14-16,34H2,1-3H3/t18-,21+,22?,25-,26?,27?,28-,29-,30?,31?,32-/m1/s1. The number of nitriles is 1. The molecule has 9 atom stereocenters. The molecule has 5 unspecified atom stereocenters. The minimum absolute atomic E-state index is 0.0127. The maximum absolute atomic E-state index is 11.1. The highest BCUT2D eigenvalue weighted by molar-refractivity contribution is 5.75. The van der Waals surface area contributed by atoms with Crippen LogP contribution < -0.4 is 27.0 Å². The van der Waals surface area contributed by atoms with Crippen LogP contribution in [-0.2, 0) is 4.74 Å². The van der Waals surface area contributed by atoms with Crippen LogP contribution in [0.25, 0.3) is 0 Å². The third kappa shape index (κ3) is 5.72. The largest absolute Gasteiger partial charge is 0.387 e. The van der Waals surface area contributed by atoms with Gasteiger partial charge >= 0.3 is 0 Å². The molecule has 0 radical (unpaired) electrons. The normalized spacial score (nSPS) is 39.4. The van der Waals surface area contributed by atoms with Crippen molar-refractivity contribution < 1.29 is 14.9 Å². The first kappa shape index (κ1) is 30.6. The molecule has 2 aliphatic carbocycles. The van der Waals surface area contributed by atoms with Crippen LogP contribution in [0.15, 0.2) is 18.2 Å². The highest BCUT2D eigenvalue weighted by atomic mass is 16.6. The van der Waals surface area contributed by atoms with Gasteiger partial charge in [0, 0.05) is 18.6 Å². The number of likely N-dealkylation sites (N-methyl/N-ethyl adjacent to an activating group) is 1. The zero-order valence-electron chi connectivity index (χ0n) is 26.3. The Morgan fingerprint density at radius 2 is 1.86 bits per heavy atom. The van der Waals surface area contributed by atoms with Gasteiger partial charge in [0.25, 0.3) is 0 Å². The molecule has 1 aromatic carbocycles. The fourth-order valence-electron chi connectivity index (χ4n) is 8.36. The van der Waals surface area contributed by atoms with Crippen LogP contribution >= 0.6 is 0 Å². The van der Waals surface area contributed by atoms with E-state index in [1.807, 2.05) is 7.05 Å². The van der Waals surface area contributed by atoms with Crippen molar-refractivity contribution in [3.8, 4) is 6.07 Å². The SMILES string of the molecule is CC(C)N(C[C@H]1O[C@@H](N2CNC3C(N)NCN(C)C32)[C@H](O)[C@@H]1O)[C@H]1C[C@@H](CCC2Nc3ccc(C(C#N)C4CC4)cc3N2)C1. The number of aliphatic hydroxyl groups is 2. The average Bonchev–Trinajstić information content (AvgIpc) is 3.46. The van der Waals surface area contributed by atoms with Gasteiger partial charge in [-0.05, 0) is 89.0 Å². The third-order valence-electron chi connectivity index (χ3n) is 11.1. The van der Waals surface area contributed by atoms with E-state index in [4.69, 9.17) is 10.5 Å². The summed E-state index contributed by atoms with van der Waals surface area (Å²) in [5.74, 6) is 1.21. The summed E-state index contributed by atoms with van der Waals surface area (Å²) in [4.78, 5) is 6.74. The predicted molar refractivity (Wildman–Crippen MR) is 168 cm³/mol. The van der Waals surface area contributed by atoms with E-state index in [0.29, 0.717) is 43.8 Å². The van der Waals surface area contributed by atoms with E-state index in [2.05, 4.69) is 74.1 Å². The molecular weight excluding hydrogens is 558 g/mol. The number of nitrogens with one attached hydrogen (secondary N) is 4. The lowest BCUT2D eigenvalue weighted by atomic mass is 9.76. The third-order valence-corrected chi connectivity index (χ3v) is 11.1. The topological polar surface area (TPSA) is 157 Å². The van der Waals surface area contributed by atoms with Gasteiger partial charge in [-0.15, -0.1) is 0 Å². The van der Waals surface area contributed by atoms with Gasteiger partial charge in [-0.3, -0.25) is 20.4 Å². The number of aliphatic hydroxyl groups excluding tert-OH is 2. The second-order valence-corrected chi connectivity index (χ2v) is 14.5. The molecule has 4 heterocycles. The summed E-state index contributed by atoms with van der Waals surface area (Å²) in [6, 6.07) is 9.72. The highest BCUT2D eigenvalue weighted by Gasteiger charge is 2.53. The smallest absolute Gasteiger partial charge is 0.142 e. The van der Waals surface area contributed by atoms with Crippen LogP contribution in [0.1, 0.15) is 63.9 Å². The van der Waals surface area contributed by atoms with Gasteiger partial charge in [0.05, 0.1) is 61.2 Å². The van der Waals surface area contributed by atoms with E-state index >= 15 is 0 Å². The van der Waals surface area contributed by atoms with Gasteiger partial charge in [0.2, 0.25) is 0 Å². The molecule has 3 saturated heterocycles. The molecule has 6 aliphatic rings. The van der Waals surface area contributed by atoms with Gasteiger partial charge in [0.15, 0.2) is 0 Å². The zero-order valence-corrected chi connectivity index (χ0v) is 26.3. The summed E-state index contributed by atoms with van der Waals surface area (Å²) < 4.78 is 6.44. The van der Waals surface area contributed by atoms with Gasteiger partial charge in [0.1, 0.15) is 24.5 Å². The van der Waals surface area contributed by atoms with Crippen molar-refractivity contribution in [2.75, 3.05) is 37.6 Å². The molecule has 0 amide bonds. The highest BCUT2D eigenvalue weighted by Crippen LogP contribution is 2.44. The molecule has 0 aromatic heterocycles. The molecule has 2 saturated carbocycles. The quantitative estimate of drug-likeness (QED) is 0.202. The summed E-state index contributed by atoms with van der Waals surface area (Å²) in [7, 11) is 2.04. The number of fused-ring (bicyclic) bond motifs is 2. The molecule has 0 bridgehead atoms. The molecule has 0 spiro atoms. The van der Waals surface area contributed by atoms with Crippen molar-refractivity contribution >= 4 is 11.4 Å². The fourth-order valence-corrected chi connectivity index (χ4v) is 8.36. The first-order chi connectivity index (χ1) is 21.2. The van der Waals surface area contributed by atoms with E-state index in [0.717, 1.165) is 42.6 Å². The number of hydrogen-bond donors (Lipinski definition) is 7. The summed E-state index contributed by atoms with van der Waals surface area (Å²) in [6.07, 6.45) is 3.87. The lowest BCUT2D eigenvalue weighted by Gasteiger charge is -2.46. The number of rotatable bonds is 10. The molecule has 1 aromatic rings. The second-order valence-electron chi connectivity index (χ2n) is 14.5. The Hall–Kier alpha value is -2.05. The lowest BCUT2D eigenvalue weighted by molar-refractivity contribution is -0.130. The van der Waals surface area contributed by atoms with Crippen LogP contribution in [-0.4, -0.2) is 113 Å². The van der Waals surface area contributed by atoms with Crippen LogP contribution in [0, 0.1) is 23.2 Å². The molecule has 4 aliphatic heterocycles. The van der Waals surface area contributed by atoms with Crippen LogP contribution in [0.4, 0.5) is 11.4 Å². The average molecular weight is 610 g/mol. The molecule has 7 rings (SSSR count). The summed E-state index contributed by atoms with van der Waals surface area (Å²) in [5.41, 5.74) is 9.70. The maximum Gasteiger partial charge on any atom is 0.142 e. The summed E-state index contributed by atoms with van der Waals surface area (Å²) >= 11 is 0. The van der Waals surface area contributed by atoms with Crippen LogP contribution in [0.2, 0.25) is 0 Å². The minimum Gasteiger partial charge on any atom is -0.387 e. The van der Waals surface area contributed by atoms with Gasteiger partial charge in [-0.25, -0.2) is 4.90 Å². The van der Waals surface area contributed by atoms with Gasteiger partial charge < -0.3 is 31.3 Å². The predicted octanol–water partition coefficient (Wildman–Crippen LogP) is 0.918. The number of anilines is 2. The van der Waals surface area contributed by atoms with E-state index in [1.54, 1.807) is 0 Å². The number of ether oxygens (including phenoxy) is 1. The lowest BCUT2D eigenvalue weighted by Crippen LogP contribution is -2.68. The molecule has 12 nitrogen and oxygen atoms in total. The van der Waals surface area contributed by atoms with Crippen molar-refractivity contribution in [1.82, 2.24) is 25.3 Å². The van der Waals surface area contributed by atoms with E-state index in [1.165, 1.54) is 12.8 Å². The number of hydrogen-bond acceptors (Lipinski definition) is 12. The van der Waals surface area contributed by atoms with Crippen molar-refractivity contribution in [2.45, 2.75) is 119 Å². The molecular formula is C32H51N9O3. The zero-order chi connectivity index (χ0) is 30.7. The fraction of sp³-hybridized carbons (Fsp3) is 0.781. The van der Waals surface area contributed by atoms with Crippen LogP contribution in [0.3, 0.4) is 0 Å². The van der Waals surface area contributed by atoms with E-state index in [9.17, 15) is 15.5 Å². The first-order valence-electron chi connectivity index (χ1n) is 16.7. The van der Waals surface area contributed by atoms with Crippen molar-refractivity contribution in [3.05, 3.63) is 23.8 Å². The van der Waals surface area contributed by atoms with E-state index in [-0.39, 0.29) is 30.5 Å². The van der Waals surface area contributed by atoms with Gasteiger partial charge in [-0.1, -0.05) is 6.07 Å². The Morgan fingerprint density at radius 1 is 1.09 bits per heavy atom. The number of nitrogens with zero attached hydrogens (tertiary/aromatic N) is 4. The number of nitrogens with two attached hydrogens (primary N) is 1.